The number of methoxy groups -OCH3 is 2. The monoisotopic (exact) mass is 919 g/mol. The Morgan fingerprint density at radius 1 is 0.397 bits per heavy atom. The average Bonchev–Trinajstić information content (AvgIpc) is 3.35. The molecular formula is C56H82NO2P2Si2+. The van der Waals surface area contributed by atoms with E-state index in [9.17, 15) is 0 Å². The molecule has 0 atom stereocenters. The lowest BCUT2D eigenvalue weighted by Crippen LogP contribution is -2.49. The third kappa shape index (κ3) is 12.4. The van der Waals surface area contributed by atoms with E-state index >= 15 is 0 Å². The van der Waals surface area contributed by atoms with Gasteiger partial charge in [0.1, 0.15) is 27.4 Å². The largest absolute Gasteiger partial charge is 0.496 e. The molecule has 0 aromatic heterocycles. The molecule has 0 bridgehead atoms. The Morgan fingerprint density at radius 2 is 0.698 bits per heavy atom. The lowest BCUT2D eigenvalue weighted by Gasteiger charge is -2.36. The number of hydrogen-bond donors (Lipinski definition) is 1. The van der Waals surface area contributed by atoms with E-state index in [1.165, 1.54) is 140 Å². The van der Waals surface area contributed by atoms with Gasteiger partial charge >= 0.3 is 0 Å². The predicted molar refractivity (Wildman–Crippen MR) is 290 cm³/mol. The molecule has 5 aromatic carbocycles. The molecule has 0 saturated heterocycles. The molecule has 63 heavy (non-hydrogen) atoms. The molecule has 0 heterocycles. The van der Waals surface area contributed by atoms with Crippen LogP contribution in [0.4, 0.5) is 0 Å². The molecule has 5 rings (SSSR count). The SMILES string of the molecule is CCCC[Si](CCCC)(CCCC)c1ccc([P+](NP(c2ccccc2OC)c2ccccc2OC)(c2ccccc2)c2ccc([Si](CCCC)(CCCC)CCCC)cc2)cc1. The van der Waals surface area contributed by atoms with Crippen LogP contribution in [0, 0.1) is 0 Å². The van der Waals surface area contributed by atoms with Crippen LogP contribution in [0.2, 0.25) is 36.3 Å². The van der Waals surface area contributed by atoms with E-state index in [2.05, 4.69) is 174 Å². The average molecular weight is 919 g/mol. The predicted octanol–water partition coefficient (Wildman–Crippen LogP) is 13.7. The Morgan fingerprint density at radius 3 is 1.02 bits per heavy atom. The number of para-hydroxylation sites is 2. The lowest BCUT2D eigenvalue weighted by molar-refractivity contribution is 0.417. The summed E-state index contributed by atoms with van der Waals surface area (Å²) in [7, 11) is -3.62. The fraction of sp³-hybridized carbons (Fsp3) is 0.464. The molecule has 5 aromatic rings. The van der Waals surface area contributed by atoms with Crippen LogP contribution in [0.1, 0.15) is 119 Å². The molecular weight excluding hydrogens is 837 g/mol. The first-order valence-corrected chi connectivity index (χ1v) is 33.2. The van der Waals surface area contributed by atoms with Crippen LogP contribution in [0.25, 0.3) is 0 Å². The van der Waals surface area contributed by atoms with Crippen LogP contribution in [0.5, 0.6) is 11.5 Å². The fourth-order valence-corrected chi connectivity index (χ4v) is 28.9. The summed E-state index contributed by atoms with van der Waals surface area (Å²) in [6, 6.07) is 57.9. The van der Waals surface area contributed by atoms with Crippen molar-refractivity contribution < 1.29 is 9.47 Å². The Labute approximate surface area is 388 Å². The van der Waals surface area contributed by atoms with E-state index < -0.39 is 31.6 Å². The number of ether oxygens (including phenoxy) is 2. The van der Waals surface area contributed by atoms with Crippen LogP contribution in [-0.4, -0.2) is 30.4 Å². The summed E-state index contributed by atoms with van der Waals surface area (Å²) in [6.07, 6.45) is 15.6. The quantitative estimate of drug-likeness (QED) is 0.0383. The van der Waals surface area contributed by atoms with Crippen molar-refractivity contribution in [1.29, 1.82) is 0 Å². The van der Waals surface area contributed by atoms with Crippen molar-refractivity contribution in [2.75, 3.05) is 14.2 Å². The third-order valence-corrected chi connectivity index (χ3v) is 31.7. The Bertz CT molecular complexity index is 1870. The Balaban J connectivity index is 1.85. The van der Waals surface area contributed by atoms with E-state index in [0.717, 1.165) is 11.5 Å². The van der Waals surface area contributed by atoms with E-state index in [1.807, 2.05) is 14.2 Å². The fourth-order valence-electron chi connectivity index (χ4n) is 10.1. The van der Waals surface area contributed by atoms with Gasteiger partial charge in [-0.3, -0.25) is 0 Å². The van der Waals surface area contributed by atoms with Gasteiger partial charge in [-0.15, -0.1) is 4.86 Å². The summed E-state index contributed by atoms with van der Waals surface area (Å²) in [4.78, 5) is 4.66. The minimum Gasteiger partial charge on any atom is -0.496 e. The van der Waals surface area contributed by atoms with Crippen LogP contribution in [0.15, 0.2) is 127 Å². The molecule has 0 amide bonds. The van der Waals surface area contributed by atoms with E-state index in [4.69, 9.17) is 9.47 Å². The molecule has 1 N–H and O–H groups in total. The summed E-state index contributed by atoms with van der Waals surface area (Å²) in [5.41, 5.74) is 0. The summed E-state index contributed by atoms with van der Waals surface area (Å²) in [5.74, 6) is 1.80. The highest BCUT2D eigenvalue weighted by molar-refractivity contribution is 8.00. The molecule has 340 valence electrons. The molecule has 0 unspecified atom stereocenters. The second-order valence-corrected chi connectivity index (χ2v) is 32.7. The summed E-state index contributed by atoms with van der Waals surface area (Å²) >= 11 is 0. The maximum atomic E-state index is 6.21. The Hall–Kier alpha value is -3.05. The van der Waals surface area contributed by atoms with Gasteiger partial charge in [-0.2, -0.15) is 0 Å². The summed E-state index contributed by atoms with van der Waals surface area (Å²) in [6.45, 7) is 14.3. The number of hydrogen-bond acceptors (Lipinski definition) is 3. The molecule has 0 aliphatic carbocycles. The molecule has 7 heteroatoms. The van der Waals surface area contributed by atoms with Crippen molar-refractivity contribution in [1.82, 2.24) is 4.86 Å². The third-order valence-electron chi connectivity index (χ3n) is 13.8. The maximum Gasteiger partial charge on any atom is 0.182 e. The topological polar surface area (TPSA) is 30.5 Å². The smallest absolute Gasteiger partial charge is 0.182 e. The van der Waals surface area contributed by atoms with Crippen LogP contribution in [-0.2, 0) is 0 Å². The highest BCUT2D eigenvalue weighted by Gasteiger charge is 2.50. The molecule has 0 radical (unpaired) electrons. The van der Waals surface area contributed by atoms with E-state index in [-0.39, 0.29) is 0 Å². The summed E-state index contributed by atoms with van der Waals surface area (Å²) < 4.78 is 12.4. The first-order chi connectivity index (χ1) is 30.8. The number of benzene rings is 5. The van der Waals surface area contributed by atoms with Gasteiger partial charge in [-0.1, -0.05) is 232 Å². The number of rotatable bonds is 29. The minimum atomic E-state index is -2.57. The highest BCUT2D eigenvalue weighted by Crippen LogP contribution is 2.58. The van der Waals surface area contributed by atoms with Gasteiger partial charge in [0, 0.05) is 10.6 Å². The van der Waals surface area contributed by atoms with Crippen molar-refractivity contribution in [3.05, 3.63) is 127 Å². The van der Waals surface area contributed by atoms with Gasteiger partial charge in [-0.25, -0.2) is 0 Å². The Kier molecular flexibility index (Phi) is 21.2. The second-order valence-electron chi connectivity index (χ2n) is 18.1. The normalized spacial score (nSPS) is 12.2. The lowest BCUT2D eigenvalue weighted by atomic mass is 10.3. The molecule has 0 fully saturated rings. The molecule has 3 nitrogen and oxygen atoms in total. The van der Waals surface area contributed by atoms with Crippen LogP contribution >= 0.6 is 15.5 Å². The standard InChI is InChI=1S/C56H82NO2P2Si2/c1-9-15-42-62(43-16-10-2,44-17-11-3)51-38-34-49(35-39-51)61(48-28-22-21-23-29-48,50-36-40-52(41-37-50)63(45-18-12-4,46-19-13-5)47-20-14-6)57-60(55-32-26-24-30-53(55)58-7)56-33-27-25-31-54(56)59-8/h21-41,57H,9-20,42-47H2,1-8H3/q+1. The van der Waals surface area contributed by atoms with Gasteiger partial charge in [0.2, 0.25) is 0 Å². The summed E-state index contributed by atoms with van der Waals surface area (Å²) in [5, 5.41) is 9.79. The molecule has 0 saturated carbocycles. The first-order valence-electron chi connectivity index (χ1n) is 24.9. The van der Waals surface area contributed by atoms with Crippen molar-refractivity contribution in [2.45, 2.75) is 155 Å². The number of nitrogens with one attached hydrogen (secondary N) is 1. The maximum absolute atomic E-state index is 6.21. The minimum absolute atomic E-state index is 0.899. The van der Waals surface area contributed by atoms with Crippen molar-refractivity contribution in [3.63, 3.8) is 0 Å². The van der Waals surface area contributed by atoms with E-state index in [0.29, 0.717) is 0 Å². The van der Waals surface area contributed by atoms with Gasteiger partial charge < -0.3 is 9.47 Å². The van der Waals surface area contributed by atoms with Gasteiger partial charge in [0.15, 0.2) is 7.41 Å². The molecule has 0 aliphatic heterocycles. The molecule has 0 aliphatic rings. The van der Waals surface area contributed by atoms with Crippen LogP contribution in [0.3, 0.4) is 0 Å². The van der Waals surface area contributed by atoms with Gasteiger partial charge in [-0.05, 0) is 60.7 Å². The highest BCUT2D eigenvalue weighted by atomic mass is 31.2. The van der Waals surface area contributed by atoms with E-state index in [1.54, 1.807) is 10.4 Å². The zero-order valence-corrected chi connectivity index (χ0v) is 44.4. The van der Waals surface area contributed by atoms with Crippen molar-refractivity contribution in [3.8, 4) is 11.5 Å². The molecule has 0 spiro atoms. The van der Waals surface area contributed by atoms with Crippen LogP contribution < -0.4 is 51.2 Å². The number of unbranched alkanes of at least 4 members (excludes halogenated alkanes) is 6. The first kappa shape index (κ1) is 50.9. The zero-order valence-electron chi connectivity index (χ0n) is 40.6. The van der Waals surface area contributed by atoms with Crippen molar-refractivity contribution >= 4 is 68.5 Å². The van der Waals surface area contributed by atoms with Gasteiger partial charge in [0.25, 0.3) is 0 Å². The second kappa shape index (κ2) is 26.2. The van der Waals surface area contributed by atoms with Crippen molar-refractivity contribution in [2.24, 2.45) is 0 Å². The van der Waals surface area contributed by atoms with Gasteiger partial charge in [0.05, 0.1) is 38.4 Å². The zero-order chi connectivity index (χ0) is 45.0.